The van der Waals surface area contributed by atoms with Crippen LogP contribution in [0, 0.1) is 5.82 Å². The van der Waals surface area contributed by atoms with E-state index in [9.17, 15) is 9.18 Å². The number of hydrogen-bond acceptors (Lipinski definition) is 4. The van der Waals surface area contributed by atoms with E-state index in [-0.39, 0.29) is 18.4 Å². The molecular weight excluding hydrogens is 249 g/mol. The van der Waals surface area contributed by atoms with Crippen LogP contribution in [0.5, 0.6) is 0 Å². The highest BCUT2D eigenvalue weighted by Crippen LogP contribution is 2.21. The molecule has 1 fully saturated rings. The van der Waals surface area contributed by atoms with Gasteiger partial charge in [-0.15, -0.1) is 0 Å². The molecule has 0 spiro atoms. The fourth-order valence-electron chi connectivity index (χ4n) is 2.37. The summed E-state index contributed by atoms with van der Waals surface area (Å²) in [5.41, 5.74) is 0.853. The lowest BCUT2D eigenvalue weighted by molar-refractivity contribution is -0.138. The van der Waals surface area contributed by atoms with Crippen LogP contribution in [0.4, 0.5) is 4.39 Å². The fourth-order valence-corrected chi connectivity index (χ4v) is 2.37. The zero-order chi connectivity index (χ0) is 13.8. The van der Waals surface area contributed by atoms with Crippen LogP contribution in [0.25, 0.3) is 0 Å². The molecule has 0 amide bonds. The minimum absolute atomic E-state index is 0.0870. The number of halogens is 1. The quantitative estimate of drug-likeness (QED) is 0.881. The molecule has 5 nitrogen and oxygen atoms in total. The molecule has 1 aromatic heterocycles. The van der Waals surface area contributed by atoms with Gasteiger partial charge in [0.1, 0.15) is 5.82 Å². The molecule has 1 saturated heterocycles. The number of aliphatic carboxylic acids is 1. The van der Waals surface area contributed by atoms with Crippen LogP contribution in [-0.2, 0) is 4.79 Å². The highest BCUT2D eigenvalue weighted by Gasteiger charge is 2.23. The smallest absolute Gasteiger partial charge is 0.317 e. The molecule has 0 aromatic carbocycles. The van der Waals surface area contributed by atoms with E-state index >= 15 is 0 Å². The number of piperazine rings is 1. The third-order valence-electron chi connectivity index (χ3n) is 3.52. The van der Waals surface area contributed by atoms with Crippen molar-refractivity contribution in [1.82, 2.24) is 14.8 Å². The molecule has 1 unspecified atom stereocenters. The van der Waals surface area contributed by atoms with Crippen LogP contribution in [0.3, 0.4) is 0 Å². The van der Waals surface area contributed by atoms with Crippen molar-refractivity contribution in [2.24, 2.45) is 0 Å². The second kappa shape index (κ2) is 6.08. The summed E-state index contributed by atoms with van der Waals surface area (Å²) in [6.07, 6.45) is 2.87. The van der Waals surface area contributed by atoms with E-state index in [0.29, 0.717) is 0 Å². The molecule has 2 rings (SSSR count). The average Bonchev–Trinajstić information content (AvgIpc) is 2.38. The lowest BCUT2D eigenvalue weighted by Gasteiger charge is -2.37. The Morgan fingerprint density at radius 2 is 2.11 bits per heavy atom. The predicted molar refractivity (Wildman–Crippen MR) is 68.3 cm³/mol. The van der Waals surface area contributed by atoms with Crippen molar-refractivity contribution < 1.29 is 14.3 Å². The Bertz CT molecular complexity index is 447. The van der Waals surface area contributed by atoms with Crippen LogP contribution in [-0.4, -0.2) is 58.6 Å². The van der Waals surface area contributed by atoms with E-state index < -0.39 is 5.97 Å². The van der Waals surface area contributed by atoms with E-state index in [1.807, 2.05) is 11.8 Å². The molecule has 1 aromatic rings. The maximum Gasteiger partial charge on any atom is 0.317 e. The Balaban J connectivity index is 1.92. The first-order valence-corrected chi connectivity index (χ1v) is 6.35. The molecule has 0 bridgehead atoms. The van der Waals surface area contributed by atoms with Gasteiger partial charge in [0, 0.05) is 38.4 Å². The van der Waals surface area contributed by atoms with Gasteiger partial charge >= 0.3 is 5.97 Å². The summed E-state index contributed by atoms with van der Waals surface area (Å²) >= 11 is 0. The molecule has 1 aliphatic rings. The molecule has 1 N–H and O–H groups in total. The standard InChI is InChI=1S/C13H18FN3O2/c1-10(11-6-12(14)8-15-7-11)17-4-2-16(3-5-17)9-13(18)19/h6-8,10H,2-5,9H2,1H3,(H,18,19). The number of aromatic nitrogens is 1. The monoisotopic (exact) mass is 267 g/mol. The summed E-state index contributed by atoms with van der Waals surface area (Å²) in [4.78, 5) is 18.6. The fraction of sp³-hybridized carbons (Fsp3) is 0.538. The number of pyridine rings is 1. The number of carbonyl (C=O) groups is 1. The Kier molecular flexibility index (Phi) is 4.44. The van der Waals surface area contributed by atoms with Gasteiger partial charge in [-0.1, -0.05) is 0 Å². The van der Waals surface area contributed by atoms with Gasteiger partial charge in [-0.2, -0.15) is 0 Å². The number of nitrogens with zero attached hydrogens (tertiary/aromatic N) is 3. The maximum absolute atomic E-state index is 13.1. The van der Waals surface area contributed by atoms with Gasteiger partial charge in [-0.3, -0.25) is 19.6 Å². The van der Waals surface area contributed by atoms with E-state index in [0.717, 1.165) is 31.7 Å². The summed E-state index contributed by atoms with van der Waals surface area (Å²) < 4.78 is 13.1. The van der Waals surface area contributed by atoms with Gasteiger partial charge in [0.2, 0.25) is 0 Å². The molecule has 1 atom stereocenters. The summed E-state index contributed by atoms with van der Waals surface area (Å²) in [5, 5.41) is 8.74. The topological polar surface area (TPSA) is 56.7 Å². The van der Waals surface area contributed by atoms with Gasteiger partial charge in [0.15, 0.2) is 0 Å². The first-order chi connectivity index (χ1) is 9.06. The second-order valence-corrected chi connectivity index (χ2v) is 4.82. The predicted octanol–water partition coefficient (Wildman–Crippen LogP) is 0.984. The molecule has 0 saturated carbocycles. The summed E-state index contributed by atoms with van der Waals surface area (Å²) in [6, 6.07) is 1.59. The van der Waals surface area contributed by atoms with Gasteiger partial charge in [0.25, 0.3) is 0 Å². The third-order valence-corrected chi connectivity index (χ3v) is 3.52. The van der Waals surface area contributed by atoms with E-state index in [4.69, 9.17) is 5.11 Å². The van der Waals surface area contributed by atoms with Crippen LogP contribution in [0.2, 0.25) is 0 Å². The first kappa shape index (κ1) is 13.9. The highest BCUT2D eigenvalue weighted by molar-refractivity contribution is 5.69. The second-order valence-electron chi connectivity index (χ2n) is 4.82. The maximum atomic E-state index is 13.1. The van der Waals surface area contributed by atoms with Crippen molar-refractivity contribution in [2.45, 2.75) is 13.0 Å². The molecule has 104 valence electrons. The van der Waals surface area contributed by atoms with Crippen molar-refractivity contribution >= 4 is 5.97 Å². The van der Waals surface area contributed by atoms with Crippen LogP contribution >= 0.6 is 0 Å². The Morgan fingerprint density at radius 3 is 2.68 bits per heavy atom. The largest absolute Gasteiger partial charge is 0.480 e. The minimum atomic E-state index is -0.796. The molecule has 6 heteroatoms. The van der Waals surface area contributed by atoms with E-state index in [1.165, 1.54) is 12.3 Å². The summed E-state index contributed by atoms with van der Waals surface area (Å²) in [5.74, 6) is -1.12. The first-order valence-electron chi connectivity index (χ1n) is 6.35. The van der Waals surface area contributed by atoms with Crippen LogP contribution in [0.1, 0.15) is 18.5 Å². The van der Waals surface area contributed by atoms with Crippen molar-refractivity contribution in [3.8, 4) is 0 Å². The van der Waals surface area contributed by atoms with Crippen molar-refractivity contribution in [1.29, 1.82) is 0 Å². The lowest BCUT2D eigenvalue weighted by atomic mass is 10.1. The van der Waals surface area contributed by atoms with Gasteiger partial charge in [-0.25, -0.2) is 4.39 Å². The summed E-state index contributed by atoms with van der Waals surface area (Å²) in [7, 11) is 0. The minimum Gasteiger partial charge on any atom is -0.480 e. The zero-order valence-electron chi connectivity index (χ0n) is 10.9. The number of carboxylic acids is 1. The Labute approximate surface area is 111 Å². The van der Waals surface area contributed by atoms with Gasteiger partial charge < -0.3 is 5.11 Å². The van der Waals surface area contributed by atoms with Crippen molar-refractivity contribution in [2.75, 3.05) is 32.7 Å². The average molecular weight is 267 g/mol. The van der Waals surface area contributed by atoms with Gasteiger partial charge in [0.05, 0.1) is 12.7 Å². The molecule has 1 aliphatic heterocycles. The normalized spacial score (nSPS) is 19.3. The lowest BCUT2D eigenvalue weighted by Crippen LogP contribution is -2.48. The Hall–Kier alpha value is -1.53. The Morgan fingerprint density at radius 1 is 1.42 bits per heavy atom. The molecule has 0 aliphatic carbocycles. The van der Waals surface area contributed by atoms with Crippen molar-refractivity contribution in [3.05, 3.63) is 29.8 Å². The number of rotatable bonds is 4. The summed E-state index contributed by atoms with van der Waals surface area (Å²) in [6.45, 7) is 5.11. The van der Waals surface area contributed by atoms with Crippen LogP contribution < -0.4 is 0 Å². The molecule has 19 heavy (non-hydrogen) atoms. The molecular formula is C13H18FN3O2. The SMILES string of the molecule is CC(c1cncc(F)c1)N1CCN(CC(=O)O)CC1. The van der Waals surface area contributed by atoms with E-state index in [2.05, 4.69) is 9.88 Å². The number of hydrogen-bond donors (Lipinski definition) is 1. The van der Waals surface area contributed by atoms with E-state index in [1.54, 1.807) is 6.20 Å². The number of carboxylic acid groups (broad SMARTS) is 1. The highest BCUT2D eigenvalue weighted by atomic mass is 19.1. The molecule has 0 radical (unpaired) electrons. The third kappa shape index (κ3) is 3.71. The zero-order valence-corrected chi connectivity index (χ0v) is 10.9. The molecule has 2 heterocycles. The van der Waals surface area contributed by atoms with Crippen LogP contribution in [0.15, 0.2) is 18.5 Å². The van der Waals surface area contributed by atoms with Crippen molar-refractivity contribution in [3.63, 3.8) is 0 Å². The van der Waals surface area contributed by atoms with Gasteiger partial charge in [-0.05, 0) is 18.6 Å².